The average Bonchev–Trinajstić information content (AvgIpc) is 3.14. The Labute approximate surface area is 190 Å². The molecule has 0 spiro atoms. The number of fused-ring (bicyclic) bond motifs is 1. The number of pyridine rings is 1. The second-order valence-corrected chi connectivity index (χ2v) is 7.83. The van der Waals surface area contributed by atoms with Crippen LogP contribution in [0.2, 0.25) is 0 Å². The molecule has 3 heterocycles. The Balaban J connectivity index is 1.66. The van der Waals surface area contributed by atoms with E-state index in [0.29, 0.717) is 41.5 Å². The summed E-state index contributed by atoms with van der Waals surface area (Å²) in [5.41, 5.74) is 2.68. The van der Waals surface area contributed by atoms with Crippen molar-refractivity contribution < 1.29 is 24.2 Å². The van der Waals surface area contributed by atoms with Gasteiger partial charge in [0, 0.05) is 23.6 Å². The fourth-order valence-corrected chi connectivity index (χ4v) is 4.19. The van der Waals surface area contributed by atoms with Crippen molar-refractivity contribution in [3.63, 3.8) is 0 Å². The number of hydrogen-bond acceptors (Lipinski definition) is 6. The van der Waals surface area contributed by atoms with Crippen LogP contribution in [0, 0.1) is 0 Å². The lowest BCUT2D eigenvalue weighted by Crippen LogP contribution is -2.29. The highest BCUT2D eigenvalue weighted by molar-refractivity contribution is 6.51. The van der Waals surface area contributed by atoms with Crippen LogP contribution in [0.15, 0.2) is 72.6 Å². The molecule has 1 amide bonds. The second kappa shape index (κ2) is 8.43. The lowest BCUT2D eigenvalue weighted by Gasteiger charge is -2.25. The van der Waals surface area contributed by atoms with Crippen molar-refractivity contribution in [3.8, 4) is 11.5 Å². The summed E-state index contributed by atoms with van der Waals surface area (Å²) in [6, 6.07) is 15.1. The zero-order valence-electron chi connectivity index (χ0n) is 18.0. The van der Waals surface area contributed by atoms with E-state index in [0.717, 1.165) is 12.0 Å². The Hall–Kier alpha value is -4.13. The molecule has 2 aliphatic heterocycles. The smallest absolute Gasteiger partial charge is 0.300 e. The van der Waals surface area contributed by atoms with Crippen molar-refractivity contribution in [2.45, 2.75) is 19.4 Å². The van der Waals surface area contributed by atoms with Crippen molar-refractivity contribution in [2.24, 2.45) is 0 Å². The van der Waals surface area contributed by atoms with Crippen LogP contribution in [-0.4, -0.2) is 35.0 Å². The minimum Gasteiger partial charge on any atom is -0.507 e. The molecule has 7 nitrogen and oxygen atoms in total. The van der Waals surface area contributed by atoms with Crippen molar-refractivity contribution in [3.05, 3.63) is 89.3 Å². The molecule has 1 unspecified atom stereocenters. The summed E-state index contributed by atoms with van der Waals surface area (Å²) in [5, 5.41) is 11.3. The quantitative estimate of drug-likeness (QED) is 0.373. The molecule has 1 saturated heterocycles. The predicted molar refractivity (Wildman–Crippen MR) is 122 cm³/mol. The van der Waals surface area contributed by atoms with E-state index in [4.69, 9.17) is 9.47 Å². The lowest BCUT2D eigenvalue weighted by molar-refractivity contribution is -0.132. The van der Waals surface area contributed by atoms with E-state index in [2.05, 4.69) is 4.98 Å². The zero-order chi connectivity index (χ0) is 22.9. The lowest BCUT2D eigenvalue weighted by atomic mass is 9.96. The second-order valence-electron chi connectivity index (χ2n) is 7.83. The Morgan fingerprint density at radius 3 is 2.52 bits per heavy atom. The predicted octanol–water partition coefficient (Wildman–Crippen LogP) is 4.04. The van der Waals surface area contributed by atoms with Crippen molar-refractivity contribution >= 4 is 23.1 Å². The first kappa shape index (κ1) is 20.8. The minimum absolute atomic E-state index is 0.00393. The van der Waals surface area contributed by atoms with E-state index in [1.54, 1.807) is 42.7 Å². The van der Waals surface area contributed by atoms with Gasteiger partial charge in [-0.15, -0.1) is 0 Å². The van der Waals surface area contributed by atoms with Crippen molar-refractivity contribution in [2.75, 3.05) is 18.1 Å². The monoisotopic (exact) mass is 442 g/mol. The molecule has 7 heteroatoms. The fourth-order valence-electron chi connectivity index (χ4n) is 4.19. The van der Waals surface area contributed by atoms with Crippen molar-refractivity contribution in [1.82, 2.24) is 4.98 Å². The maximum absolute atomic E-state index is 13.2. The summed E-state index contributed by atoms with van der Waals surface area (Å²) >= 11 is 0. The fraction of sp³-hybridized carbons (Fsp3) is 0.192. The molecular weight excluding hydrogens is 420 g/mol. The first-order valence-electron chi connectivity index (χ1n) is 10.8. The molecular formula is C26H22N2O5. The molecule has 0 bridgehead atoms. The van der Waals surface area contributed by atoms with Crippen LogP contribution in [0.25, 0.3) is 5.76 Å². The first-order valence-corrected chi connectivity index (χ1v) is 10.8. The van der Waals surface area contributed by atoms with E-state index < -0.39 is 17.7 Å². The number of aliphatic hydroxyl groups is 1. The van der Waals surface area contributed by atoms with E-state index in [1.165, 1.54) is 4.90 Å². The van der Waals surface area contributed by atoms with Gasteiger partial charge in [0.25, 0.3) is 11.7 Å². The third kappa shape index (κ3) is 3.61. The van der Waals surface area contributed by atoms with E-state index in [9.17, 15) is 14.7 Å². The van der Waals surface area contributed by atoms with Gasteiger partial charge < -0.3 is 14.6 Å². The normalized spacial score (nSPS) is 19.1. The van der Waals surface area contributed by atoms with E-state index >= 15 is 0 Å². The maximum atomic E-state index is 13.2. The number of carbonyl (C=O) groups excluding carboxylic acids is 2. The number of benzene rings is 2. The molecule has 2 aliphatic rings. The van der Waals surface area contributed by atoms with Crippen LogP contribution in [-0.2, 0) is 16.0 Å². The third-order valence-corrected chi connectivity index (χ3v) is 5.88. The van der Waals surface area contributed by atoms with Gasteiger partial charge in [0.1, 0.15) is 19.0 Å². The van der Waals surface area contributed by atoms with Gasteiger partial charge in [-0.3, -0.25) is 19.5 Å². The minimum atomic E-state index is -0.820. The molecule has 1 atom stereocenters. The van der Waals surface area contributed by atoms with Crippen LogP contribution in [0.4, 0.5) is 5.69 Å². The average molecular weight is 442 g/mol. The Bertz CT molecular complexity index is 1250. The number of carbonyl (C=O) groups is 2. The standard InChI is InChI=1S/C26H22N2O5/c1-2-16-5-8-19(9-6-16)28-23(18-4-3-11-27-15-18)22(25(30)26(28)31)24(29)17-7-10-20-21(14-17)33-13-12-32-20/h3-11,14-15,23,29H,2,12-13H2,1H3/b24-22-. The molecule has 1 aromatic heterocycles. The Kier molecular flexibility index (Phi) is 5.30. The summed E-state index contributed by atoms with van der Waals surface area (Å²) < 4.78 is 11.2. The molecule has 0 saturated carbocycles. The number of ether oxygens (including phenoxy) is 2. The summed E-state index contributed by atoms with van der Waals surface area (Å²) in [4.78, 5) is 32.0. The van der Waals surface area contributed by atoms with Gasteiger partial charge in [0.05, 0.1) is 11.6 Å². The number of nitrogens with zero attached hydrogens (tertiary/aromatic N) is 2. The molecule has 5 rings (SSSR count). The summed E-state index contributed by atoms with van der Waals surface area (Å²) in [7, 11) is 0. The van der Waals surface area contributed by atoms with Crippen LogP contribution >= 0.6 is 0 Å². The van der Waals surface area contributed by atoms with E-state index in [-0.39, 0.29) is 11.3 Å². The summed E-state index contributed by atoms with van der Waals surface area (Å²) in [6.07, 6.45) is 4.07. The number of rotatable bonds is 4. The molecule has 166 valence electrons. The van der Waals surface area contributed by atoms with Gasteiger partial charge in [0.15, 0.2) is 11.5 Å². The zero-order valence-corrected chi connectivity index (χ0v) is 18.0. The summed E-state index contributed by atoms with van der Waals surface area (Å²) in [5.74, 6) is -0.680. The number of ketones is 1. The number of hydrogen-bond donors (Lipinski definition) is 1. The van der Waals surface area contributed by atoms with Crippen LogP contribution in [0.5, 0.6) is 11.5 Å². The molecule has 33 heavy (non-hydrogen) atoms. The van der Waals surface area contributed by atoms with Gasteiger partial charge in [0.2, 0.25) is 0 Å². The number of aryl methyl sites for hydroxylation is 1. The Morgan fingerprint density at radius 1 is 1.06 bits per heavy atom. The van der Waals surface area contributed by atoms with Gasteiger partial charge in [-0.1, -0.05) is 25.1 Å². The number of Topliss-reactive ketones (excluding diaryl/α,β-unsaturated/α-hetero) is 1. The highest BCUT2D eigenvalue weighted by Crippen LogP contribution is 2.43. The molecule has 0 radical (unpaired) electrons. The molecule has 3 aromatic rings. The van der Waals surface area contributed by atoms with Gasteiger partial charge in [-0.25, -0.2) is 0 Å². The van der Waals surface area contributed by atoms with Gasteiger partial charge >= 0.3 is 0 Å². The van der Waals surface area contributed by atoms with Crippen molar-refractivity contribution in [1.29, 1.82) is 0 Å². The Morgan fingerprint density at radius 2 is 1.82 bits per heavy atom. The first-order chi connectivity index (χ1) is 16.1. The number of aliphatic hydroxyl groups excluding tert-OH is 1. The SMILES string of the molecule is CCc1ccc(N2C(=O)C(=O)/C(=C(\O)c3ccc4c(c3)OCCO4)C2c2cccnc2)cc1. The van der Waals surface area contributed by atoms with Gasteiger partial charge in [-0.2, -0.15) is 0 Å². The van der Waals surface area contributed by atoms with Crippen LogP contribution < -0.4 is 14.4 Å². The van der Waals surface area contributed by atoms with Crippen LogP contribution in [0.3, 0.4) is 0 Å². The van der Waals surface area contributed by atoms with E-state index in [1.807, 2.05) is 31.2 Å². The molecule has 1 fully saturated rings. The molecule has 1 N–H and O–H groups in total. The third-order valence-electron chi connectivity index (χ3n) is 5.88. The highest BCUT2D eigenvalue weighted by Gasteiger charge is 2.47. The van der Waals surface area contributed by atoms with Crippen LogP contribution in [0.1, 0.15) is 29.7 Å². The van der Waals surface area contributed by atoms with Gasteiger partial charge in [-0.05, 0) is 53.9 Å². The highest BCUT2D eigenvalue weighted by atomic mass is 16.6. The summed E-state index contributed by atoms with van der Waals surface area (Å²) in [6.45, 7) is 2.89. The topological polar surface area (TPSA) is 89.0 Å². The number of amides is 1. The molecule has 0 aliphatic carbocycles. The number of aromatic nitrogens is 1. The molecule has 2 aromatic carbocycles. The number of anilines is 1. The largest absolute Gasteiger partial charge is 0.507 e. The maximum Gasteiger partial charge on any atom is 0.300 e.